The van der Waals surface area contributed by atoms with Crippen LogP contribution in [0.1, 0.15) is 58.9 Å². The van der Waals surface area contributed by atoms with Gasteiger partial charge in [-0.25, -0.2) is 0 Å². The van der Waals surface area contributed by atoms with Gasteiger partial charge in [0.2, 0.25) is 0 Å². The van der Waals surface area contributed by atoms with E-state index in [4.69, 9.17) is 9.47 Å². The first-order valence-electron chi connectivity index (χ1n) is 11.3. The van der Waals surface area contributed by atoms with Gasteiger partial charge >= 0.3 is 0 Å². The first kappa shape index (κ1) is 22.0. The number of nitrogens with one attached hydrogen (secondary N) is 1. The molecule has 170 valence electrons. The number of benzene rings is 2. The maximum atomic E-state index is 13.2. The molecule has 4 rings (SSSR count). The highest BCUT2D eigenvalue weighted by Crippen LogP contribution is 2.35. The van der Waals surface area contributed by atoms with E-state index in [0.717, 1.165) is 50.0 Å². The highest BCUT2D eigenvalue weighted by Gasteiger charge is 2.37. The van der Waals surface area contributed by atoms with Crippen LogP contribution in [0.25, 0.3) is 0 Å². The number of carbonyl (C=O) groups excluding carboxylic acids is 2. The monoisotopic (exact) mass is 437 g/mol. The van der Waals surface area contributed by atoms with Crippen molar-refractivity contribution in [2.75, 3.05) is 32.2 Å². The number of amides is 2. The Labute approximate surface area is 189 Å². The van der Waals surface area contributed by atoms with Crippen LogP contribution in [0, 0.1) is 0 Å². The summed E-state index contributed by atoms with van der Waals surface area (Å²) in [6, 6.07) is 10.9. The van der Waals surface area contributed by atoms with E-state index in [9.17, 15) is 9.59 Å². The Bertz CT molecular complexity index is 1010. The number of hydrogen-bond donors (Lipinski definition) is 1. The van der Waals surface area contributed by atoms with Gasteiger partial charge in [-0.3, -0.25) is 9.59 Å². The molecule has 1 N–H and O–H groups in total. The number of fused-ring (bicyclic) bond motifs is 2. The Morgan fingerprint density at radius 1 is 1.09 bits per heavy atom. The third-order valence-electron chi connectivity index (χ3n) is 6.41. The standard InChI is InChI=1S/C25H31N3O4/c1-4-27-21-15-17(9-11-20(21)25(30)28-13-7-5-6-8-23(27)28)24(29)26-16-18-14-19(31-2)10-12-22(18)32-3/h9-12,14-15,23H,4-8,13,16H2,1-3H3,(H,26,29). The molecule has 7 nitrogen and oxygen atoms in total. The van der Waals surface area contributed by atoms with Crippen molar-refractivity contribution in [2.24, 2.45) is 0 Å². The quantitative estimate of drug-likeness (QED) is 0.744. The van der Waals surface area contributed by atoms with Gasteiger partial charge in [-0.2, -0.15) is 0 Å². The molecule has 0 aliphatic carbocycles. The number of hydrogen-bond acceptors (Lipinski definition) is 5. The van der Waals surface area contributed by atoms with Gasteiger partial charge in [0.05, 0.1) is 25.5 Å². The van der Waals surface area contributed by atoms with Crippen molar-refractivity contribution in [3.63, 3.8) is 0 Å². The lowest BCUT2D eigenvalue weighted by molar-refractivity contribution is 0.0656. The van der Waals surface area contributed by atoms with Crippen LogP contribution in [-0.4, -0.2) is 50.2 Å². The summed E-state index contributed by atoms with van der Waals surface area (Å²) in [5.41, 5.74) is 2.90. The van der Waals surface area contributed by atoms with Crippen molar-refractivity contribution in [3.8, 4) is 11.5 Å². The van der Waals surface area contributed by atoms with Gasteiger partial charge in [0.1, 0.15) is 17.7 Å². The normalized spacial score (nSPS) is 17.8. The molecular formula is C25H31N3O4. The SMILES string of the molecule is CCN1c2cc(C(=O)NCc3cc(OC)ccc3OC)ccc2C(=O)N2CCCCCC21. The first-order chi connectivity index (χ1) is 15.6. The molecule has 0 radical (unpaired) electrons. The van der Waals surface area contributed by atoms with Gasteiger partial charge in [0.15, 0.2) is 0 Å². The molecule has 1 fully saturated rings. The summed E-state index contributed by atoms with van der Waals surface area (Å²) < 4.78 is 10.7. The minimum atomic E-state index is -0.190. The van der Waals surface area contributed by atoms with Gasteiger partial charge in [0, 0.05) is 30.8 Å². The summed E-state index contributed by atoms with van der Waals surface area (Å²) in [4.78, 5) is 30.4. The molecule has 0 bridgehead atoms. The number of ether oxygens (including phenoxy) is 2. The fourth-order valence-electron chi connectivity index (χ4n) is 4.74. The number of carbonyl (C=O) groups is 2. The van der Waals surface area contributed by atoms with Crippen molar-refractivity contribution >= 4 is 17.5 Å². The Hall–Kier alpha value is -3.22. The smallest absolute Gasteiger partial charge is 0.257 e. The molecule has 2 aliphatic rings. The fraction of sp³-hybridized carbons (Fsp3) is 0.440. The van der Waals surface area contributed by atoms with Crippen LogP contribution >= 0.6 is 0 Å². The minimum absolute atomic E-state index is 0.0712. The van der Waals surface area contributed by atoms with E-state index in [-0.39, 0.29) is 18.0 Å². The summed E-state index contributed by atoms with van der Waals surface area (Å²) >= 11 is 0. The molecule has 2 heterocycles. The van der Waals surface area contributed by atoms with Crippen molar-refractivity contribution in [1.29, 1.82) is 0 Å². The second-order valence-electron chi connectivity index (χ2n) is 8.21. The van der Waals surface area contributed by atoms with E-state index in [1.807, 2.05) is 29.2 Å². The molecule has 0 aromatic heterocycles. The van der Waals surface area contributed by atoms with Crippen LogP contribution in [0.2, 0.25) is 0 Å². The van der Waals surface area contributed by atoms with Crippen molar-refractivity contribution in [3.05, 3.63) is 53.1 Å². The summed E-state index contributed by atoms with van der Waals surface area (Å²) in [5, 5.41) is 2.97. The lowest BCUT2D eigenvalue weighted by atomic mass is 10.0. The van der Waals surface area contributed by atoms with Crippen LogP contribution in [0.3, 0.4) is 0 Å². The Kier molecular flexibility index (Phi) is 6.53. The van der Waals surface area contributed by atoms with Crippen LogP contribution in [0.4, 0.5) is 5.69 Å². The summed E-state index contributed by atoms with van der Waals surface area (Å²) in [6.07, 6.45) is 4.34. The van der Waals surface area contributed by atoms with Gasteiger partial charge in [-0.05, 0) is 62.6 Å². The molecular weight excluding hydrogens is 406 g/mol. The Morgan fingerprint density at radius 2 is 1.94 bits per heavy atom. The fourth-order valence-corrected chi connectivity index (χ4v) is 4.74. The highest BCUT2D eigenvalue weighted by atomic mass is 16.5. The predicted molar refractivity (Wildman–Crippen MR) is 123 cm³/mol. The first-order valence-corrected chi connectivity index (χ1v) is 11.3. The molecule has 2 amide bonds. The second kappa shape index (κ2) is 9.51. The third-order valence-corrected chi connectivity index (χ3v) is 6.41. The number of rotatable bonds is 6. The van der Waals surface area contributed by atoms with E-state index >= 15 is 0 Å². The van der Waals surface area contributed by atoms with E-state index < -0.39 is 0 Å². The van der Waals surface area contributed by atoms with Gasteiger partial charge in [-0.15, -0.1) is 0 Å². The van der Waals surface area contributed by atoms with Gasteiger partial charge < -0.3 is 24.6 Å². The van der Waals surface area contributed by atoms with E-state index in [2.05, 4.69) is 17.1 Å². The molecule has 2 aliphatic heterocycles. The van der Waals surface area contributed by atoms with E-state index in [0.29, 0.717) is 29.2 Å². The topological polar surface area (TPSA) is 71.1 Å². The lowest BCUT2D eigenvalue weighted by Crippen LogP contribution is -2.55. The zero-order chi connectivity index (χ0) is 22.7. The molecule has 32 heavy (non-hydrogen) atoms. The molecule has 0 saturated carbocycles. The summed E-state index contributed by atoms with van der Waals surface area (Å²) in [6.45, 7) is 3.99. The van der Waals surface area contributed by atoms with E-state index in [1.165, 1.54) is 0 Å². The molecule has 1 saturated heterocycles. The zero-order valence-electron chi connectivity index (χ0n) is 19.0. The van der Waals surface area contributed by atoms with Crippen molar-refractivity contribution in [2.45, 2.75) is 45.3 Å². The maximum Gasteiger partial charge on any atom is 0.257 e. The van der Waals surface area contributed by atoms with Gasteiger partial charge in [-0.1, -0.05) is 6.42 Å². The maximum absolute atomic E-state index is 13.2. The molecule has 1 atom stereocenters. The summed E-state index contributed by atoms with van der Waals surface area (Å²) in [5.74, 6) is 1.27. The zero-order valence-corrected chi connectivity index (χ0v) is 19.0. The largest absolute Gasteiger partial charge is 0.497 e. The number of methoxy groups -OCH3 is 2. The van der Waals surface area contributed by atoms with E-state index in [1.54, 1.807) is 26.4 Å². The van der Waals surface area contributed by atoms with Crippen LogP contribution in [0.5, 0.6) is 11.5 Å². The van der Waals surface area contributed by atoms with Gasteiger partial charge in [0.25, 0.3) is 11.8 Å². The molecule has 1 unspecified atom stereocenters. The molecule has 0 spiro atoms. The average Bonchev–Trinajstić information content (AvgIpc) is 3.08. The second-order valence-corrected chi connectivity index (χ2v) is 8.21. The van der Waals surface area contributed by atoms with Crippen molar-refractivity contribution < 1.29 is 19.1 Å². The predicted octanol–water partition coefficient (Wildman–Crippen LogP) is 3.82. The Balaban J connectivity index is 1.57. The van der Waals surface area contributed by atoms with Crippen LogP contribution in [0.15, 0.2) is 36.4 Å². The number of nitrogens with zero attached hydrogens (tertiary/aromatic N) is 2. The Morgan fingerprint density at radius 3 is 2.69 bits per heavy atom. The molecule has 2 aromatic rings. The average molecular weight is 438 g/mol. The molecule has 7 heteroatoms. The van der Waals surface area contributed by atoms with Crippen LogP contribution < -0.4 is 19.7 Å². The van der Waals surface area contributed by atoms with Crippen LogP contribution in [-0.2, 0) is 6.54 Å². The lowest BCUT2D eigenvalue weighted by Gasteiger charge is -2.44. The summed E-state index contributed by atoms with van der Waals surface area (Å²) in [7, 11) is 3.21. The number of anilines is 1. The highest BCUT2D eigenvalue weighted by molar-refractivity contribution is 6.04. The minimum Gasteiger partial charge on any atom is -0.497 e. The third kappa shape index (κ3) is 4.11. The van der Waals surface area contributed by atoms with Crippen molar-refractivity contribution in [1.82, 2.24) is 10.2 Å². The molecule has 2 aromatic carbocycles.